The molecule has 4 unspecified atom stereocenters. The third-order valence-electron chi connectivity index (χ3n) is 5.45. The Morgan fingerprint density at radius 2 is 2.05 bits per heavy atom. The van der Waals surface area contributed by atoms with Gasteiger partial charge in [-0.25, -0.2) is 0 Å². The van der Waals surface area contributed by atoms with Crippen LogP contribution in [0.3, 0.4) is 0 Å². The number of nitrogens with zero attached hydrogens (tertiary/aromatic N) is 1. The van der Waals surface area contributed by atoms with Crippen molar-refractivity contribution in [3.8, 4) is 5.75 Å². The lowest BCUT2D eigenvalue weighted by Crippen LogP contribution is -2.36. The van der Waals surface area contributed by atoms with E-state index in [-0.39, 0.29) is 17.9 Å². The van der Waals surface area contributed by atoms with Crippen LogP contribution in [0.5, 0.6) is 5.75 Å². The van der Waals surface area contributed by atoms with Crippen LogP contribution in [-0.4, -0.2) is 37.0 Å². The minimum absolute atomic E-state index is 0.0547. The van der Waals surface area contributed by atoms with Crippen molar-refractivity contribution in [2.75, 3.05) is 20.2 Å². The average molecular weight is 302 g/mol. The number of carbonyl (C=O) groups is 1. The predicted molar refractivity (Wildman–Crippen MR) is 86.8 cm³/mol. The van der Waals surface area contributed by atoms with Crippen molar-refractivity contribution in [3.05, 3.63) is 29.8 Å². The maximum atomic E-state index is 12.9. The van der Waals surface area contributed by atoms with Crippen LogP contribution in [0.25, 0.3) is 0 Å². The maximum absolute atomic E-state index is 12.9. The highest BCUT2D eigenvalue weighted by atomic mass is 16.5. The Kier molecular flexibility index (Phi) is 4.39. The van der Waals surface area contributed by atoms with E-state index in [4.69, 9.17) is 10.5 Å². The molecule has 4 nitrogen and oxygen atoms in total. The quantitative estimate of drug-likeness (QED) is 0.929. The largest absolute Gasteiger partial charge is 0.497 e. The van der Waals surface area contributed by atoms with Gasteiger partial charge < -0.3 is 15.4 Å². The molecule has 1 saturated carbocycles. The normalized spacial score (nSPS) is 28.5. The Bertz CT molecular complexity index is 528. The molecule has 1 heterocycles. The summed E-state index contributed by atoms with van der Waals surface area (Å²) in [6.07, 6.45) is 3.12. The van der Waals surface area contributed by atoms with E-state index < -0.39 is 0 Å². The molecular formula is C18H26N2O2. The summed E-state index contributed by atoms with van der Waals surface area (Å²) in [6, 6.07) is 8.16. The minimum atomic E-state index is -0.0547. The van der Waals surface area contributed by atoms with E-state index >= 15 is 0 Å². The highest BCUT2D eigenvalue weighted by molar-refractivity contribution is 5.84. The van der Waals surface area contributed by atoms with Gasteiger partial charge in [-0.3, -0.25) is 4.79 Å². The molecule has 1 amide bonds. The molecule has 1 aliphatic heterocycles. The van der Waals surface area contributed by atoms with Gasteiger partial charge in [-0.1, -0.05) is 19.1 Å². The number of carbonyl (C=O) groups excluding carboxylic acids is 1. The molecule has 0 bridgehead atoms. The number of amides is 1. The van der Waals surface area contributed by atoms with Crippen LogP contribution in [0.1, 0.15) is 37.7 Å². The van der Waals surface area contributed by atoms with Crippen molar-refractivity contribution >= 4 is 5.91 Å². The summed E-state index contributed by atoms with van der Waals surface area (Å²) < 4.78 is 5.20. The highest BCUT2D eigenvalue weighted by Crippen LogP contribution is 2.38. The van der Waals surface area contributed by atoms with Crippen molar-refractivity contribution < 1.29 is 9.53 Å². The molecule has 1 aromatic rings. The van der Waals surface area contributed by atoms with Gasteiger partial charge in [-0.05, 0) is 48.8 Å². The van der Waals surface area contributed by atoms with E-state index in [9.17, 15) is 4.79 Å². The van der Waals surface area contributed by atoms with Crippen LogP contribution in [0.2, 0.25) is 0 Å². The number of fused-ring (bicyclic) bond motifs is 1. The van der Waals surface area contributed by atoms with Crippen LogP contribution in [0, 0.1) is 11.8 Å². The number of nitrogens with two attached hydrogens (primary N) is 1. The zero-order chi connectivity index (χ0) is 15.7. The molecule has 22 heavy (non-hydrogen) atoms. The molecule has 0 aromatic heterocycles. The summed E-state index contributed by atoms with van der Waals surface area (Å²) in [5.74, 6) is 2.16. The van der Waals surface area contributed by atoms with Crippen molar-refractivity contribution in [1.82, 2.24) is 4.90 Å². The molecule has 1 aromatic carbocycles. The third kappa shape index (κ3) is 2.72. The highest BCUT2D eigenvalue weighted by Gasteiger charge is 2.43. The van der Waals surface area contributed by atoms with E-state index in [2.05, 4.69) is 6.92 Å². The lowest BCUT2D eigenvalue weighted by molar-refractivity contribution is -0.132. The molecule has 1 aliphatic carbocycles. The first-order chi connectivity index (χ1) is 10.6. The standard InChI is InChI=1S/C18H26N2O2/c1-3-15(12-4-7-14(22-2)8-5-12)18(21)20-10-13-6-9-17(19)16(13)11-20/h4-5,7-8,13,15-17H,3,6,9-11,19H2,1-2H3. The first-order valence-corrected chi connectivity index (χ1v) is 8.32. The molecule has 2 N–H and O–H groups in total. The molecule has 2 fully saturated rings. The number of hydrogen-bond acceptors (Lipinski definition) is 3. The van der Waals surface area contributed by atoms with Crippen LogP contribution >= 0.6 is 0 Å². The Morgan fingerprint density at radius 3 is 2.64 bits per heavy atom. The summed E-state index contributed by atoms with van der Waals surface area (Å²) in [7, 11) is 1.66. The zero-order valence-electron chi connectivity index (χ0n) is 13.5. The van der Waals surface area contributed by atoms with Gasteiger partial charge in [-0.2, -0.15) is 0 Å². The number of hydrogen-bond donors (Lipinski definition) is 1. The van der Waals surface area contributed by atoms with E-state index in [0.29, 0.717) is 11.8 Å². The van der Waals surface area contributed by atoms with Gasteiger partial charge >= 0.3 is 0 Å². The van der Waals surface area contributed by atoms with Gasteiger partial charge in [0.2, 0.25) is 5.91 Å². The van der Waals surface area contributed by atoms with Gasteiger partial charge in [0.15, 0.2) is 0 Å². The molecule has 4 heteroatoms. The number of rotatable bonds is 4. The topological polar surface area (TPSA) is 55.6 Å². The van der Waals surface area contributed by atoms with Crippen molar-refractivity contribution in [2.24, 2.45) is 17.6 Å². The average Bonchev–Trinajstić information content (AvgIpc) is 3.11. The lowest BCUT2D eigenvalue weighted by atomic mass is 9.95. The Hall–Kier alpha value is -1.55. The second-order valence-corrected chi connectivity index (χ2v) is 6.64. The van der Waals surface area contributed by atoms with Crippen LogP contribution in [-0.2, 0) is 4.79 Å². The second-order valence-electron chi connectivity index (χ2n) is 6.64. The van der Waals surface area contributed by atoms with E-state index in [1.54, 1.807) is 7.11 Å². The summed E-state index contributed by atoms with van der Waals surface area (Å²) in [5, 5.41) is 0. The minimum Gasteiger partial charge on any atom is -0.497 e. The molecular weight excluding hydrogens is 276 g/mol. The lowest BCUT2D eigenvalue weighted by Gasteiger charge is -2.24. The predicted octanol–water partition coefficient (Wildman–Crippen LogP) is 2.38. The molecule has 3 rings (SSSR count). The molecule has 2 aliphatic rings. The van der Waals surface area contributed by atoms with Crippen LogP contribution < -0.4 is 10.5 Å². The van der Waals surface area contributed by atoms with Gasteiger partial charge in [0.1, 0.15) is 5.75 Å². The van der Waals surface area contributed by atoms with Crippen molar-refractivity contribution in [1.29, 1.82) is 0 Å². The van der Waals surface area contributed by atoms with Crippen LogP contribution in [0.15, 0.2) is 24.3 Å². The fourth-order valence-electron chi connectivity index (χ4n) is 4.10. The van der Waals surface area contributed by atoms with Crippen LogP contribution in [0.4, 0.5) is 0 Å². The Balaban J connectivity index is 1.72. The summed E-state index contributed by atoms with van der Waals surface area (Å²) in [6.45, 7) is 3.82. The zero-order valence-corrected chi connectivity index (χ0v) is 13.5. The molecule has 0 radical (unpaired) electrons. The van der Waals surface area contributed by atoms with Gasteiger partial charge in [0.25, 0.3) is 0 Å². The Morgan fingerprint density at radius 1 is 1.32 bits per heavy atom. The maximum Gasteiger partial charge on any atom is 0.230 e. The molecule has 1 saturated heterocycles. The Labute approximate surface area is 132 Å². The van der Waals surface area contributed by atoms with E-state index in [1.165, 1.54) is 6.42 Å². The number of methoxy groups -OCH3 is 1. The summed E-state index contributed by atoms with van der Waals surface area (Å²) in [4.78, 5) is 15.0. The first-order valence-electron chi connectivity index (χ1n) is 8.32. The van der Waals surface area contributed by atoms with E-state index in [1.807, 2.05) is 29.2 Å². The fraction of sp³-hybridized carbons (Fsp3) is 0.611. The summed E-state index contributed by atoms with van der Waals surface area (Å²) in [5.41, 5.74) is 7.26. The number of ether oxygens (including phenoxy) is 1. The van der Waals surface area contributed by atoms with E-state index in [0.717, 1.165) is 37.2 Å². The molecule has 4 atom stereocenters. The van der Waals surface area contributed by atoms with Gasteiger partial charge in [-0.15, -0.1) is 0 Å². The third-order valence-corrected chi connectivity index (χ3v) is 5.45. The number of benzene rings is 1. The molecule has 120 valence electrons. The fourth-order valence-corrected chi connectivity index (χ4v) is 4.10. The number of likely N-dealkylation sites (tertiary alicyclic amines) is 1. The molecule has 0 spiro atoms. The van der Waals surface area contributed by atoms with Gasteiger partial charge in [0.05, 0.1) is 13.0 Å². The monoisotopic (exact) mass is 302 g/mol. The van der Waals surface area contributed by atoms with Gasteiger partial charge in [0, 0.05) is 19.1 Å². The van der Waals surface area contributed by atoms with Crippen molar-refractivity contribution in [3.63, 3.8) is 0 Å². The SMILES string of the molecule is CCC(C(=O)N1CC2CCC(N)C2C1)c1ccc(OC)cc1. The second kappa shape index (κ2) is 6.29. The first kappa shape index (κ1) is 15.3. The van der Waals surface area contributed by atoms with Crippen molar-refractivity contribution in [2.45, 2.75) is 38.1 Å². The smallest absolute Gasteiger partial charge is 0.230 e. The summed E-state index contributed by atoms with van der Waals surface area (Å²) >= 11 is 0.